The Kier molecular flexibility index (Phi) is 5.01. The Morgan fingerprint density at radius 1 is 1.35 bits per heavy atom. The summed E-state index contributed by atoms with van der Waals surface area (Å²) in [7, 11) is -3.14. The minimum Gasteiger partial charge on any atom is -0.492 e. The van der Waals surface area contributed by atoms with Gasteiger partial charge in [0.25, 0.3) is 0 Å². The minimum absolute atomic E-state index is 0.320. The highest BCUT2D eigenvalue weighted by Crippen LogP contribution is 2.15. The van der Waals surface area contributed by atoms with Gasteiger partial charge in [0.1, 0.15) is 12.4 Å². The molecule has 0 radical (unpaired) electrons. The van der Waals surface area contributed by atoms with Crippen LogP contribution in [-0.2, 0) is 9.84 Å². The van der Waals surface area contributed by atoms with Crippen LogP contribution in [-0.4, -0.2) is 58.4 Å². The highest BCUT2D eigenvalue weighted by atomic mass is 32.2. The van der Waals surface area contributed by atoms with Crippen LogP contribution in [0.3, 0.4) is 0 Å². The topological polar surface area (TPSA) is 58.6 Å². The van der Waals surface area contributed by atoms with Crippen LogP contribution >= 0.6 is 0 Å². The van der Waals surface area contributed by atoms with Gasteiger partial charge in [0.05, 0.1) is 4.90 Å². The van der Waals surface area contributed by atoms with Crippen molar-refractivity contribution in [1.29, 1.82) is 0 Å². The number of nitrogens with zero attached hydrogens (tertiary/aromatic N) is 1. The van der Waals surface area contributed by atoms with E-state index in [9.17, 15) is 8.42 Å². The third kappa shape index (κ3) is 4.19. The summed E-state index contributed by atoms with van der Waals surface area (Å²) < 4.78 is 28.4. The molecule has 1 aliphatic rings. The van der Waals surface area contributed by atoms with Crippen LogP contribution in [0.15, 0.2) is 29.2 Å². The standard InChI is InChI=1S/C14H22N2O3S/c1-12-11-15-7-8-16(12)9-10-19-13-3-5-14(6-4-13)20(2,17)18/h3-6,12,15H,7-11H2,1-2H3/t12-/m1/s1. The maximum absolute atomic E-state index is 11.3. The van der Waals surface area contributed by atoms with Gasteiger partial charge in [0.15, 0.2) is 9.84 Å². The zero-order chi connectivity index (χ0) is 14.6. The van der Waals surface area contributed by atoms with Gasteiger partial charge < -0.3 is 10.1 Å². The number of nitrogens with one attached hydrogen (secondary N) is 1. The van der Waals surface area contributed by atoms with Crippen molar-refractivity contribution in [2.24, 2.45) is 0 Å². The second-order valence-corrected chi connectivity index (χ2v) is 7.20. The number of piperazine rings is 1. The third-order valence-electron chi connectivity index (χ3n) is 3.54. The number of hydrogen-bond donors (Lipinski definition) is 1. The lowest BCUT2D eigenvalue weighted by atomic mass is 10.2. The number of sulfone groups is 1. The van der Waals surface area contributed by atoms with Gasteiger partial charge >= 0.3 is 0 Å². The van der Waals surface area contributed by atoms with Crippen molar-refractivity contribution in [3.8, 4) is 5.75 Å². The highest BCUT2D eigenvalue weighted by Gasteiger charge is 2.17. The summed E-state index contributed by atoms with van der Waals surface area (Å²) in [4.78, 5) is 2.71. The minimum atomic E-state index is -3.14. The van der Waals surface area contributed by atoms with Gasteiger partial charge in [-0.3, -0.25) is 4.90 Å². The first-order valence-electron chi connectivity index (χ1n) is 6.84. The van der Waals surface area contributed by atoms with Gasteiger partial charge in [0, 0.05) is 38.5 Å². The van der Waals surface area contributed by atoms with E-state index in [1.165, 1.54) is 6.26 Å². The molecule has 1 fully saturated rings. The maximum atomic E-state index is 11.3. The number of ether oxygens (including phenoxy) is 1. The van der Waals surface area contributed by atoms with E-state index in [4.69, 9.17) is 4.74 Å². The van der Waals surface area contributed by atoms with Crippen molar-refractivity contribution in [1.82, 2.24) is 10.2 Å². The normalized spacial score (nSPS) is 20.8. The monoisotopic (exact) mass is 298 g/mol. The number of hydrogen-bond acceptors (Lipinski definition) is 5. The van der Waals surface area contributed by atoms with Gasteiger partial charge in [-0.05, 0) is 31.2 Å². The van der Waals surface area contributed by atoms with Crippen molar-refractivity contribution in [3.05, 3.63) is 24.3 Å². The molecule has 1 aromatic rings. The van der Waals surface area contributed by atoms with Crippen LogP contribution in [0.4, 0.5) is 0 Å². The van der Waals surface area contributed by atoms with E-state index in [0.717, 1.165) is 26.2 Å². The fourth-order valence-electron chi connectivity index (χ4n) is 2.28. The van der Waals surface area contributed by atoms with Gasteiger partial charge in [0.2, 0.25) is 0 Å². The summed E-state index contributed by atoms with van der Waals surface area (Å²) in [5, 5.41) is 3.35. The molecular formula is C14H22N2O3S. The van der Waals surface area contributed by atoms with Crippen LogP contribution in [0.2, 0.25) is 0 Å². The average molecular weight is 298 g/mol. The zero-order valence-electron chi connectivity index (χ0n) is 12.0. The number of rotatable bonds is 5. The second kappa shape index (κ2) is 6.56. The Balaban J connectivity index is 1.82. The highest BCUT2D eigenvalue weighted by molar-refractivity contribution is 7.90. The average Bonchev–Trinajstić information content (AvgIpc) is 2.40. The predicted octanol–water partition coefficient (Wildman–Crippen LogP) is 0.763. The van der Waals surface area contributed by atoms with E-state index >= 15 is 0 Å². The van der Waals surface area contributed by atoms with Crippen molar-refractivity contribution in [3.63, 3.8) is 0 Å². The van der Waals surface area contributed by atoms with E-state index < -0.39 is 9.84 Å². The van der Waals surface area contributed by atoms with Gasteiger partial charge in [-0.1, -0.05) is 0 Å². The molecule has 0 unspecified atom stereocenters. The summed E-state index contributed by atoms with van der Waals surface area (Å²) in [5.41, 5.74) is 0. The van der Waals surface area contributed by atoms with Gasteiger partial charge in [-0.25, -0.2) is 8.42 Å². The third-order valence-corrected chi connectivity index (χ3v) is 4.67. The lowest BCUT2D eigenvalue weighted by Gasteiger charge is -2.33. The fourth-order valence-corrected chi connectivity index (χ4v) is 2.91. The summed E-state index contributed by atoms with van der Waals surface area (Å²) >= 11 is 0. The first kappa shape index (κ1) is 15.3. The Hall–Kier alpha value is -1.11. The molecule has 0 saturated carbocycles. The molecule has 2 rings (SSSR count). The molecule has 0 spiro atoms. The molecule has 1 heterocycles. The first-order valence-corrected chi connectivity index (χ1v) is 8.73. The molecule has 1 aromatic carbocycles. The first-order chi connectivity index (χ1) is 9.47. The lowest BCUT2D eigenvalue weighted by molar-refractivity contribution is 0.143. The summed E-state index contributed by atoms with van der Waals surface area (Å²) in [5.74, 6) is 0.709. The SMILES string of the molecule is C[C@@H]1CNCCN1CCOc1ccc(S(C)(=O)=O)cc1. The van der Waals surface area contributed by atoms with Crippen molar-refractivity contribution < 1.29 is 13.2 Å². The number of benzene rings is 1. The fraction of sp³-hybridized carbons (Fsp3) is 0.571. The van der Waals surface area contributed by atoms with Crippen LogP contribution in [0.25, 0.3) is 0 Å². The summed E-state index contributed by atoms with van der Waals surface area (Å²) in [6.45, 7) is 6.78. The molecule has 0 aliphatic carbocycles. The molecule has 20 heavy (non-hydrogen) atoms. The van der Waals surface area contributed by atoms with Crippen molar-refractivity contribution in [2.75, 3.05) is 39.0 Å². The quantitative estimate of drug-likeness (QED) is 0.870. The van der Waals surface area contributed by atoms with Crippen molar-refractivity contribution in [2.45, 2.75) is 17.9 Å². The van der Waals surface area contributed by atoms with Crippen LogP contribution in [0.5, 0.6) is 5.75 Å². The molecule has 6 heteroatoms. The molecule has 1 aliphatic heterocycles. The van der Waals surface area contributed by atoms with Crippen LogP contribution in [0.1, 0.15) is 6.92 Å². The molecule has 0 bridgehead atoms. The summed E-state index contributed by atoms with van der Waals surface area (Å²) in [6, 6.07) is 7.10. The zero-order valence-corrected chi connectivity index (χ0v) is 12.8. The van der Waals surface area contributed by atoms with E-state index in [1.807, 2.05) is 0 Å². The Morgan fingerprint density at radius 2 is 2.05 bits per heavy atom. The smallest absolute Gasteiger partial charge is 0.175 e. The maximum Gasteiger partial charge on any atom is 0.175 e. The Labute approximate surface area is 120 Å². The lowest BCUT2D eigenvalue weighted by Crippen LogP contribution is -2.50. The van der Waals surface area contributed by atoms with Crippen LogP contribution in [0, 0.1) is 0 Å². The second-order valence-electron chi connectivity index (χ2n) is 5.18. The molecule has 1 saturated heterocycles. The Morgan fingerprint density at radius 3 is 2.65 bits per heavy atom. The van der Waals surface area contributed by atoms with Crippen molar-refractivity contribution >= 4 is 9.84 Å². The molecule has 0 aromatic heterocycles. The molecule has 1 N–H and O–H groups in total. The van der Waals surface area contributed by atoms with E-state index in [2.05, 4.69) is 17.1 Å². The largest absolute Gasteiger partial charge is 0.492 e. The van der Waals surface area contributed by atoms with Gasteiger partial charge in [-0.15, -0.1) is 0 Å². The molecule has 1 atom stereocenters. The van der Waals surface area contributed by atoms with E-state index in [-0.39, 0.29) is 0 Å². The molecule has 0 amide bonds. The molecular weight excluding hydrogens is 276 g/mol. The summed E-state index contributed by atoms with van der Waals surface area (Å²) in [6.07, 6.45) is 1.20. The Bertz CT molecular complexity index is 528. The van der Waals surface area contributed by atoms with Gasteiger partial charge in [-0.2, -0.15) is 0 Å². The van der Waals surface area contributed by atoms with E-state index in [0.29, 0.717) is 23.3 Å². The predicted molar refractivity (Wildman–Crippen MR) is 79.0 cm³/mol. The van der Waals surface area contributed by atoms with E-state index in [1.54, 1.807) is 24.3 Å². The molecule has 5 nitrogen and oxygen atoms in total. The molecule has 112 valence electrons. The van der Waals surface area contributed by atoms with Crippen LogP contribution < -0.4 is 10.1 Å².